The van der Waals surface area contributed by atoms with Crippen molar-refractivity contribution in [2.75, 3.05) is 10.6 Å². The Balaban J connectivity index is 1.86. The molecule has 2 heterocycles. The molecule has 3 rings (SSSR count). The van der Waals surface area contributed by atoms with Crippen LogP contribution in [0.1, 0.15) is 29.4 Å². The van der Waals surface area contributed by atoms with Crippen LogP contribution in [0.25, 0.3) is 0 Å². The van der Waals surface area contributed by atoms with E-state index in [4.69, 9.17) is 0 Å². The third-order valence-electron chi connectivity index (χ3n) is 3.58. The van der Waals surface area contributed by atoms with Crippen molar-refractivity contribution in [3.8, 4) is 0 Å². The van der Waals surface area contributed by atoms with E-state index in [9.17, 15) is 4.79 Å². The number of hydrogen-bond acceptors (Lipinski definition) is 3. The zero-order valence-electron chi connectivity index (χ0n) is 11.7. The summed E-state index contributed by atoms with van der Waals surface area (Å²) in [6, 6.07) is 8.14. The van der Waals surface area contributed by atoms with Crippen molar-refractivity contribution < 1.29 is 4.79 Å². The van der Waals surface area contributed by atoms with Crippen molar-refractivity contribution in [1.82, 2.24) is 9.78 Å². The minimum atomic E-state index is -0.181. The second kappa shape index (κ2) is 5.00. The lowest BCUT2D eigenvalue weighted by Gasteiger charge is -2.26. The number of fused-ring (bicyclic) bond motifs is 1. The molecule has 1 aliphatic rings. The number of anilines is 2. The van der Waals surface area contributed by atoms with Crippen LogP contribution in [-0.4, -0.2) is 21.7 Å². The fourth-order valence-electron chi connectivity index (χ4n) is 2.50. The van der Waals surface area contributed by atoms with Gasteiger partial charge in [0.25, 0.3) is 5.91 Å². The number of nitrogens with zero attached hydrogens (tertiary/aromatic N) is 2. The maximum atomic E-state index is 12.2. The summed E-state index contributed by atoms with van der Waals surface area (Å²) in [4.78, 5) is 12.2. The van der Waals surface area contributed by atoms with Gasteiger partial charge in [0.15, 0.2) is 5.69 Å². The van der Waals surface area contributed by atoms with Gasteiger partial charge in [-0.15, -0.1) is 0 Å². The Hall–Kier alpha value is -2.30. The highest BCUT2D eigenvalue weighted by Gasteiger charge is 2.18. The Kier molecular flexibility index (Phi) is 3.18. The van der Waals surface area contributed by atoms with Crippen LogP contribution in [0.3, 0.4) is 0 Å². The van der Waals surface area contributed by atoms with Crippen molar-refractivity contribution in [1.29, 1.82) is 0 Å². The predicted octanol–water partition coefficient (Wildman–Crippen LogP) is 2.42. The quantitative estimate of drug-likeness (QED) is 0.881. The van der Waals surface area contributed by atoms with Gasteiger partial charge in [-0.2, -0.15) is 5.10 Å². The van der Waals surface area contributed by atoms with Gasteiger partial charge in [0.05, 0.1) is 11.4 Å². The molecule has 1 atom stereocenters. The standard InChI is InChI=1S/C15H18N4O/c1-10-6-7-11-4-3-5-12(14(11)16-10)17-15(20)13-8-9-19(2)18-13/h3-5,8-10,16H,6-7H2,1-2H3,(H,17,20). The van der Waals surface area contributed by atoms with E-state index in [1.807, 2.05) is 12.1 Å². The maximum absolute atomic E-state index is 12.2. The minimum absolute atomic E-state index is 0.181. The SMILES string of the molecule is CC1CCc2cccc(NC(=O)c3ccn(C)n3)c2N1. The van der Waals surface area contributed by atoms with E-state index in [1.165, 1.54) is 5.56 Å². The summed E-state index contributed by atoms with van der Waals surface area (Å²) < 4.78 is 1.62. The highest BCUT2D eigenvalue weighted by Crippen LogP contribution is 2.32. The second-order valence-electron chi connectivity index (χ2n) is 5.25. The largest absolute Gasteiger partial charge is 0.381 e. The molecule has 1 amide bonds. The van der Waals surface area contributed by atoms with Gasteiger partial charge in [0.1, 0.15) is 0 Å². The van der Waals surface area contributed by atoms with Crippen LogP contribution < -0.4 is 10.6 Å². The first-order valence-corrected chi connectivity index (χ1v) is 6.83. The number of amides is 1. The summed E-state index contributed by atoms with van der Waals surface area (Å²) in [6.45, 7) is 2.15. The fraction of sp³-hybridized carbons (Fsp3) is 0.333. The molecule has 5 nitrogen and oxygen atoms in total. The van der Waals surface area contributed by atoms with Crippen LogP contribution in [0.4, 0.5) is 11.4 Å². The lowest BCUT2D eigenvalue weighted by atomic mass is 9.98. The summed E-state index contributed by atoms with van der Waals surface area (Å²) in [5, 5.41) is 10.5. The van der Waals surface area contributed by atoms with Crippen LogP contribution in [0.2, 0.25) is 0 Å². The van der Waals surface area contributed by atoms with Crippen molar-refractivity contribution in [3.05, 3.63) is 41.7 Å². The number of benzene rings is 1. The first-order chi connectivity index (χ1) is 9.63. The highest BCUT2D eigenvalue weighted by atomic mass is 16.1. The summed E-state index contributed by atoms with van der Waals surface area (Å²) >= 11 is 0. The normalized spacial score (nSPS) is 17.2. The number of aromatic nitrogens is 2. The van der Waals surface area contributed by atoms with E-state index in [2.05, 4.69) is 28.7 Å². The Morgan fingerprint density at radius 3 is 3.05 bits per heavy atom. The molecule has 0 radical (unpaired) electrons. The van der Waals surface area contributed by atoms with Crippen molar-refractivity contribution in [3.63, 3.8) is 0 Å². The van der Waals surface area contributed by atoms with Crippen LogP contribution >= 0.6 is 0 Å². The lowest BCUT2D eigenvalue weighted by Crippen LogP contribution is -2.24. The maximum Gasteiger partial charge on any atom is 0.276 e. The van der Waals surface area contributed by atoms with Crippen LogP contribution in [0.5, 0.6) is 0 Å². The molecule has 0 spiro atoms. The monoisotopic (exact) mass is 270 g/mol. The Bertz CT molecular complexity index is 647. The number of hydrogen-bond donors (Lipinski definition) is 2. The number of carbonyl (C=O) groups excluding carboxylic acids is 1. The van der Waals surface area contributed by atoms with E-state index in [1.54, 1.807) is 24.0 Å². The van der Waals surface area contributed by atoms with Crippen LogP contribution in [0, 0.1) is 0 Å². The smallest absolute Gasteiger partial charge is 0.276 e. The van der Waals surface area contributed by atoms with Crippen molar-refractivity contribution in [2.24, 2.45) is 7.05 Å². The zero-order valence-corrected chi connectivity index (χ0v) is 11.7. The number of nitrogens with one attached hydrogen (secondary N) is 2. The molecule has 2 N–H and O–H groups in total. The molecule has 104 valence electrons. The van der Waals surface area contributed by atoms with Gasteiger partial charge in [0.2, 0.25) is 0 Å². The summed E-state index contributed by atoms with van der Waals surface area (Å²) in [6.07, 6.45) is 3.91. The number of carbonyl (C=O) groups is 1. The average molecular weight is 270 g/mol. The molecular weight excluding hydrogens is 252 g/mol. The molecule has 0 bridgehead atoms. The number of para-hydroxylation sites is 1. The molecule has 20 heavy (non-hydrogen) atoms. The molecule has 0 saturated carbocycles. The number of rotatable bonds is 2. The van der Waals surface area contributed by atoms with Gasteiger partial charge in [-0.05, 0) is 37.5 Å². The first-order valence-electron chi connectivity index (χ1n) is 6.83. The lowest BCUT2D eigenvalue weighted by molar-refractivity contribution is 0.102. The Morgan fingerprint density at radius 1 is 1.45 bits per heavy atom. The van der Waals surface area contributed by atoms with E-state index in [0.29, 0.717) is 11.7 Å². The summed E-state index contributed by atoms with van der Waals surface area (Å²) in [7, 11) is 1.80. The molecule has 5 heteroatoms. The van der Waals surface area contributed by atoms with Gasteiger partial charge in [-0.3, -0.25) is 9.48 Å². The van der Waals surface area contributed by atoms with Gasteiger partial charge in [-0.1, -0.05) is 12.1 Å². The summed E-state index contributed by atoms with van der Waals surface area (Å²) in [5.74, 6) is -0.181. The molecule has 1 aliphatic heterocycles. The van der Waals surface area contributed by atoms with Crippen molar-refractivity contribution in [2.45, 2.75) is 25.8 Å². The third-order valence-corrected chi connectivity index (χ3v) is 3.58. The van der Waals surface area contributed by atoms with Crippen LogP contribution in [0.15, 0.2) is 30.5 Å². The van der Waals surface area contributed by atoms with E-state index in [-0.39, 0.29) is 5.91 Å². The first kappa shape index (κ1) is 12.7. The molecule has 0 aliphatic carbocycles. The van der Waals surface area contributed by atoms with E-state index >= 15 is 0 Å². The molecule has 2 aromatic rings. The third kappa shape index (κ3) is 2.39. The molecule has 1 aromatic carbocycles. The topological polar surface area (TPSA) is 59.0 Å². The fourth-order valence-corrected chi connectivity index (χ4v) is 2.50. The van der Waals surface area contributed by atoms with Gasteiger partial charge in [-0.25, -0.2) is 0 Å². The molecular formula is C15H18N4O. The second-order valence-corrected chi connectivity index (χ2v) is 5.25. The average Bonchev–Trinajstić information content (AvgIpc) is 2.86. The molecule has 1 aromatic heterocycles. The van der Waals surface area contributed by atoms with E-state index < -0.39 is 0 Å². The molecule has 0 saturated heterocycles. The van der Waals surface area contributed by atoms with Crippen molar-refractivity contribution >= 4 is 17.3 Å². The predicted molar refractivity (Wildman–Crippen MR) is 79.0 cm³/mol. The minimum Gasteiger partial charge on any atom is -0.381 e. The van der Waals surface area contributed by atoms with Gasteiger partial charge in [0, 0.05) is 19.3 Å². The molecule has 0 fully saturated rings. The summed E-state index contributed by atoms with van der Waals surface area (Å²) in [5.41, 5.74) is 3.54. The van der Waals surface area contributed by atoms with Gasteiger partial charge >= 0.3 is 0 Å². The molecule has 1 unspecified atom stereocenters. The Labute approximate surface area is 118 Å². The zero-order chi connectivity index (χ0) is 14.1. The van der Waals surface area contributed by atoms with E-state index in [0.717, 1.165) is 24.2 Å². The van der Waals surface area contributed by atoms with Gasteiger partial charge < -0.3 is 10.6 Å². The van der Waals surface area contributed by atoms with Crippen LogP contribution in [-0.2, 0) is 13.5 Å². The highest BCUT2D eigenvalue weighted by molar-refractivity contribution is 6.04. The number of aryl methyl sites for hydroxylation is 2. The Morgan fingerprint density at radius 2 is 2.30 bits per heavy atom.